The normalized spacial score (nSPS) is 11.1. The zero-order chi connectivity index (χ0) is 24.4. The van der Waals surface area contributed by atoms with Crippen molar-refractivity contribution < 1.29 is 18.7 Å². The van der Waals surface area contributed by atoms with Crippen LogP contribution < -0.4 is 10.9 Å². The average molecular weight is 489 g/mol. The SMILES string of the molecule is Cc1ccccc1NC(=O)Cc1nc(COC(=O)Cn2cnc3c(oc4ccccc43)c2=O)cs1. The van der Waals surface area contributed by atoms with Crippen molar-refractivity contribution in [2.24, 2.45) is 0 Å². The Bertz CT molecular complexity index is 1620. The largest absolute Gasteiger partial charge is 0.458 e. The Morgan fingerprint density at radius 1 is 1.14 bits per heavy atom. The average Bonchev–Trinajstić information content (AvgIpc) is 3.45. The number of aryl methyl sites for hydroxylation is 1. The molecule has 176 valence electrons. The van der Waals surface area contributed by atoms with Gasteiger partial charge in [0.2, 0.25) is 11.5 Å². The number of rotatable bonds is 7. The Morgan fingerprint density at radius 2 is 1.94 bits per heavy atom. The molecule has 10 heteroatoms. The number of para-hydroxylation sites is 2. The molecule has 3 heterocycles. The van der Waals surface area contributed by atoms with Crippen LogP contribution in [0.4, 0.5) is 5.69 Å². The predicted molar refractivity (Wildman–Crippen MR) is 131 cm³/mol. The summed E-state index contributed by atoms with van der Waals surface area (Å²) in [5, 5.41) is 5.95. The van der Waals surface area contributed by atoms with E-state index in [2.05, 4.69) is 15.3 Å². The predicted octanol–water partition coefficient (Wildman–Crippen LogP) is 3.83. The molecule has 0 aliphatic heterocycles. The van der Waals surface area contributed by atoms with E-state index in [0.717, 1.165) is 21.2 Å². The van der Waals surface area contributed by atoms with Crippen LogP contribution in [-0.2, 0) is 33.9 Å². The van der Waals surface area contributed by atoms with Gasteiger partial charge in [-0.05, 0) is 30.7 Å². The van der Waals surface area contributed by atoms with Crippen LogP contribution in [0.25, 0.3) is 22.1 Å². The van der Waals surface area contributed by atoms with Crippen molar-refractivity contribution >= 4 is 51.0 Å². The highest BCUT2D eigenvalue weighted by molar-refractivity contribution is 7.09. The first kappa shape index (κ1) is 22.5. The van der Waals surface area contributed by atoms with Crippen molar-refractivity contribution in [1.29, 1.82) is 0 Å². The maximum Gasteiger partial charge on any atom is 0.326 e. The Kier molecular flexibility index (Phi) is 6.11. The molecule has 0 bridgehead atoms. The number of fused-ring (bicyclic) bond motifs is 3. The number of anilines is 1. The number of hydrogen-bond acceptors (Lipinski definition) is 8. The number of furan rings is 1. The van der Waals surface area contributed by atoms with Crippen LogP contribution in [0.3, 0.4) is 0 Å². The quantitative estimate of drug-likeness (QED) is 0.346. The number of carbonyl (C=O) groups excluding carboxylic acids is 2. The number of nitrogens with one attached hydrogen (secondary N) is 1. The molecule has 1 N–H and O–H groups in total. The fraction of sp³-hybridized carbons (Fsp3) is 0.160. The van der Waals surface area contributed by atoms with Crippen LogP contribution >= 0.6 is 11.3 Å². The molecule has 0 fully saturated rings. The first-order chi connectivity index (χ1) is 17.0. The van der Waals surface area contributed by atoms with E-state index in [-0.39, 0.29) is 31.1 Å². The monoisotopic (exact) mass is 488 g/mol. The van der Waals surface area contributed by atoms with E-state index in [9.17, 15) is 14.4 Å². The van der Waals surface area contributed by atoms with Crippen molar-refractivity contribution in [3.05, 3.63) is 86.9 Å². The molecule has 0 aliphatic carbocycles. The second-order valence-corrected chi connectivity index (χ2v) is 8.83. The Balaban J connectivity index is 1.18. The number of ether oxygens (including phenoxy) is 1. The molecule has 0 unspecified atom stereocenters. The third-order valence-corrected chi connectivity index (χ3v) is 6.26. The third-order valence-electron chi connectivity index (χ3n) is 5.36. The van der Waals surface area contributed by atoms with Crippen molar-refractivity contribution in [3.8, 4) is 0 Å². The smallest absolute Gasteiger partial charge is 0.326 e. The summed E-state index contributed by atoms with van der Waals surface area (Å²) in [6.45, 7) is 1.54. The molecule has 2 aromatic carbocycles. The van der Waals surface area contributed by atoms with Gasteiger partial charge < -0.3 is 14.5 Å². The van der Waals surface area contributed by atoms with Gasteiger partial charge in [-0.25, -0.2) is 9.97 Å². The molecule has 5 rings (SSSR count). The molecule has 0 atom stereocenters. The molecule has 35 heavy (non-hydrogen) atoms. The van der Waals surface area contributed by atoms with Crippen molar-refractivity contribution in [1.82, 2.24) is 14.5 Å². The molecule has 0 spiro atoms. The van der Waals surface area contributed by atoms with Gasteiger partial charge in [0.1, 0.15) is 29.3 Å². The minimum Gasteiger partial charge on any atom is -0.458 e. The van der Waals surface area contributed by atoms with Crippen LogP contribution in [0, 0.1) is 6.92 Å². The van der Waals surface area contributed by atoms with Crippen LogP contribution in [0.5, 0.6) is 0 Å². The maximum atomic E-state index is 12.7. The standard InChI is InChI=1S/C25H20N4O5S/c1-15-6-2-4-8-18(15)28-20(30)10-21-27-16(13-35-21)12-33-22(31)11-29-14-26-23-17-7-3-5-9-19(17)34-24(23)25(29)32/h2-9,13-14H,10-12H2,1H3,(H,28,30). The lowest BCUT2D eigenvalue weighted by Gasteiger charge is -2.07. The van der Waals surface area contributed by atoms with E-state index < -0.39 is 11.5 Å². The number of hydrogen-bond donors (Lipinski definition) is 1. The molecular weight excluding hydrogens is 468 g/mol. The van der Waals surface area contributed by atoms with E-state index in [1.807, 2.05) is 43.3 Å². The summed E-state index contributed by atoms with van der Waals surface area (Å²) in [6, 6.07) is 14.7. The zero-order valence-electron chi connectivity index (χ0n) is 18.7. The summed E-state index contributed by atoms with van der Waals surface area (Å²) in [5.41, 5.74) is 2.90. The molecule has 0 aliphatic rings. The molecule has 0 saturated carbocycles. The first-order valence-electron chi connectivity index (χ1n) is 10.8. The van der Waals surface area contributed by atoms with Gasteiger partial charge in [-0.3, -0.25) is 19.0 Å². The van der Waals surface area contributed by atoms with Crippen LogP contribution in [0.2, 0.25) is 0 Å². The van der Waals surface area contributed by atoms with Gasteiger partial charge in [0.15, 0.2) is 0 Å². The van der Waals surface area contributed by atoms with Gasteiger partial charge in [-0.15, -0.1) is 11.3 Å². The van der Waals surface area contributed by atoms with Gasteiger partial charge in [0, 0.05) is 16.5 Å². The minimum atomic E-state index is -0.615. The lowest BCUT2D eigenvalue weighted by Crippen LogP contribution is -2.25. The molecule has 1 amide bonds. The number of benzene rings is 2. The Morgan fingerprint density at radius 3 is 2.80 bits per heavy atom. The summed E-state index contributed by atoms with van der Waals surface area (Å²) in [6.07, 6.45) is 1.42. The topological polar surface area (TPSA) is 116 Å². The van der Waals surface area contributed by atoms with Crippen LogP contribution in [0.15, 0.2) is 69.5 Å². The summed E-state index contributed by atoms with van der Waals surface area (Å²) < 4.78 is 12.0. The second-order valence-electron chi connectivity index (χ2n) is 7.89. The fourth-order valence-electron chi connectivity index (χ4n) is 3.61. The molecule has 0 saturated heterocycles. The molecule has 9 nitrogen and oxygen atoms in total. The molecule has 5 aromatic rings. The highest BCUT2D eigenvalue weighted by atomic mass is 32.1. The minimum absolute atomic E-state index is 0.0657. The Labute approximate surface area is 203 Å². The van der Waals surface area contributed by atoms with Crippen LogP contribution in [-0.4, -0.2) is 26.4 Å². The lowest BCUT2D eigenvalue weighted by atomic mass is 10.2. The van der Waals surface area contributed by atoms with Crippen molar-refractivity contribution in [2.45, 2.75) is 26.5 Å². The number of nitrogens with zero attached hydrogens (tertiary/aromatic N) is 3. The summed E-state index contributed by atoms with van der Waals surface area (Å²) in [5.74, 6) is -0.791. The van der Waals surface area contributed by atoms with E-state index >= 15 is 0 Å². The number of thiazole rings is 1. The second kappa shape index (κ2) is 9.51. The molecule has 3 aromatic heterocycles. The molecule has 0 radical (unpaired) electrons. The van der Waals surface area contributed by atoms with E-state index in [4.69, 9.17) is 9.15 Å². The lowest BCUT2D eigenvalue weighted by molar-refractivity contribution is -0.145. The number of esters is 1. The van der Waals surface area contributed by atoms with Gasteiger partial charge >= 0.3 is 5.97 Å². The zero-order valence-corrected chi connectivity index (χ0v) is 19.5. The number of amides is 1. The van der Waals surface area contributed by atoms with E-state index in [0.29, 0.717) is 21.8 Å². The van der Waals surface area contributed by atoms with Crippen molar-refractivity contribution in [2.75, 3.05) is 5.32 Å². The Hall–Kier alpha value is -4.31. The highest BCUT2D eigenvalue weighted by Gasteiger charge is 2.16. The molecular formula is C25H20N4O5S. The third kappa shape index (κ3) is 4.82. The summed E-state index contributed by atoms with van der Waals surface area (Å²) in [4.78, 5) is 46.0. The van der Waals surface area contributed by atoms with Gasteiger partial charge in [-0.2, -0.15) is 0 Å². The van der Waals surface area contributed by atoms with Gasteiger partial charge in [0.25, 0.3) is 5.56 Å². The van der Waals surface area contributed by atoms with E-state index in [1.54, 1.807) is 17.5 Å². The highest BCUT2D eigenvalue weighted by Crippen LogP contribution is 2.24. The number of carbonyl (C=O) groups is 2. The maximum absolute atomic E-state index is 12.7. The fourth-order valence-corrected chi connectivity index (χ4v) is 4.39. The summed E-state index contributed by atoms with van der Waals surface area (Å²) in [7, 11) is 0. The van der Waals surface area contributed by atoms with Crippen molar-refractivity contribution in [3.63, 3.8) is 0 Å². The summed E-state index contributed by atoms with van der Waals surface area (Å²) >= 11 is 1.31. The number of aromatic nitrogens is 3. The first-order valence-corrected chi connectivity index (χ1v) is 11.7. The van der Waals surface area contributed by atoms with Gasteiger partial charge in [0.05, 0.1) is 18.4 Å². The van der Waals surface area contributed by atoms with E-state index in [1.165, 1.54) is 17.7 Å². The van der Waals surface area contributed by atoms with Gasteiger partial charge in [-0.1, -0.05) is 30.3 Å². The van der Waals surface area contributed by atoms with Crippen LogP contribution in [0.1, 0.15) is 16.3 Å².